The van der Waals surface area contributed by atoms with E-state index < -0.39 is 5.91 Å². The summed E-state index contributed by atoms with van der Waals surface area (Å²) < 4.78 is 6.42. The van der Waals surface area contributed by atoms with Crippen molar-refractivity contribution in [2.75, 3.05) is 0 Å². The Morgan fingerprint density at radius 2 is 2.11 bits per heavy atom. The van der Waals surface area contributed by atoms with Crippen molar-refractivity contribution in [3.8, 4) is 0 Å². The number of carbonyl (C=O) groups excluding carboxylic acids is 1. The monoisotopic (exact) mass is 340 g/mol. The minimum Gasteiger partial charge on any atom is -0.456 e. The van der Waals surface area contributed by atoms with Crippen LogP contribution in [0.3, 0.4) is 0 Å². The zero-order valence-corrected chi connectivity index (χ0v) is 12.7. The van der Waals surface area contributed by atoms with Crippen LogP contribution >= 0.6 is 27.7 Å². The third-order valence-electron chi connectivity index (χ3n) is 2.58. The number of halogens is 1. The topological polar surface area (TPSA) is 68.3 Å². The molecule has 4 nitrogen and oxygen atoms in total. The van der Waals surface area contributed by atoms with E-state index in [1.165, 1.54) is 0 Å². The Bertz CT molecular complexity index is 581. The fourth-order valence-corrected chi connectivity index (χ4v) is 2.74. The second kappa shape index (κ2) is 6.27. The molecule has 1 heterocycles. The molecular weight excluding hydrogens is 328 g/mol. The van der Waals surface area contributed by atoms with Gasteiger partial charge in [-0.05, 0) is 37.3 Å². The van der Waals surface area contributed by atoms with Crippen LogP contribution < -0.4 is 11.3 Å². The SMILES string of the molecule is Cc1oc(C(=O)NN)cc1CSc1ccc(Br)cc1. The van der Waals surface area contributed by atoms with Gasteiger partial charge in [0.05, 0.1) is 0 Å². The number of nitrogens with two attached hydrogens (primary N) is 1. The Morgan fingerprint density at radius 3 is 2.74 bits per heavy atom. The first kappa shape index (κ1) is 14.2. The molecule has 0 atom stereocenters. The molecule has 0 aliphatic heterocycles. The van der Waals surface area contributed by atoms with Crippen LogP contribution in [0.1, 0.15) is 21.9 Å². The third-order valence-corrected chi connectivity index (χ3v) is 4.17. The molecule has 0 aliphatic rings. The number of nitrogen functional groups attached to an aromatic ring is 1. The van der Waals surface area contributed by atoms with Crippen LogP contribution in [0.25, 0.3) is 0 Å². The lowest BCUT2D eigenvalue weighted by Crippen LogP contribution is -2.29. The quantitative estimate of drug-likeness (QED) is 0.388. The van der Waals surface area contributed by atoms with Gasteiger partial charge in [-0.2, -0.15) is 0 Å². The summed E-state index contributed by atoms with van der Waals surface area (Å²) >= 11 is 5.08. The van der Waals surface area contributed by atoms with E-state index in [2.05, 4.69) is 21.4 Å². The highest BCUT2D eigenvalue weighted by Gasteiger charge is 2.13. The smallest absolute Gasteiger partial charge is 0.300 e. The van der Waals surface area contributed by atoms with E-state index in [0.29, 0.717) is 0 Å². The summed E-state index contributed by atoms with van der Waals surface area (Å²) in [6.07, 6.45) is 0. The van der Waals surface area contributed by atoms with Gasteiger partial charge in [-0.15, -0.1) is 11.8 Å². The fourth-order valence-electron chi connectivity index (χ4n) is 1.54. The summed E-state index contributed by atoms with van der Waals surface area (Å²) in [6.45, 7) is 1.84. The Balaban J connectivity index is 2.05. The Labute approximate surface area is 123 Å². The number of furan rings is 1. The highest BCUT2D eigenvalue weighted by Crippen LogP contribution is 2.27. The summed E-state index contributed by atoms with van der Waals surface area (Å²) in [5.41, 5.74) is 3.05. The lowest BCUT2D eigenvalue weighted by Gasteiger charge is -2.00. The van der Waals surface area contributed by atoms with Gasteiger partial charge >= 0.3 is 5.91 Å². The van der Waals surface area contributed by atoms with Crippen LogP contribution in [0.5, 0.6) is 0 Å². The maximum absolute atomic E-state index is 11.3. The summed E-state index contributed by atoms with van der Waals surface area (Å²) in [4.78, 5) is 12.5. The molecule has 1 aromatic heterocycles. The van der Waals surface area contributed by atoms with Crippen molar-refractivity contribution in [2.45, 2.75) is 17.6 Å². The van der Waals surface area contributed by atoms with Crippen LogP contribution in [0, 0.1) is 6.92 Å². The summed E-state index contributed by atoms with van der Waals surface area (Å²) in [7, 11) is 0. The minimum atomic E-state index is -0.414. The Kier molecular flexibility index (Phi) is 4.68. The van der Waals surface area contributed by atoms with E-state index in [0.717, 1.165) is 26.4 Å². The van der Waals surface area contributed by atoms with Crippen LogP contribution in [-0.2, 0) is 5.75 Å². The van der Waals surface area contributed by atoms with Crippen LogP contribution in [0.4, 0.5) is 0 Å². The zero-order chi connectivity index (χ0) is 13.8. The number of amides is 1. The van der Waals surface area contributed by atoms with Crippen molar-refractivity contribution in [3.05, 3.63) is 51.9 Å². The highest BCUT2D eigenvalue weighted by atomic mass is 79.9. The molecule has 2 aromatic rings. The number of hydrazine groups is 1. The number of hydrogen-bond acceptors (Lipinski definition) is 4. The van der Waals surface area contributed by atoms with Crippen molar-refractivity contribution in [3.63, 3.8) is 0 Å². The molecule has 100 valence electrons. The normalized spacial score (nSPS) is 10.5. The van der Waals surface area contributed by atoms with Crippen molar-refractivity contribution in [2.24, 2.45) is 5.84 Å². The molecule has 0 unspecified atom stereocenters. The second-order valence-electron chi connectivity index (χ2n) is 3.91. The molecule has 0 bridgehead atoms. The summed E-state index contributed by atoms with van der Waals surface area (Å²) in [6, 6.07) is 9.80. The van der Waals surface area contributed by atoms with Gasteiger partial charge in [0.1, 0.15) is 5.76 Å². The number of benzene rings is 1. The van der Waals surface area contributed by atoms with Gasteiger partial charge in [0.2, 0.25) is 0 Å². The maximum Gasteiger partial charge on any atom is 0.300 e. The first-order valence-corrected chi connectivity index (χ1v) is 7.36. The summed E-state index contributed by atoms with van der Waals surface area (Å²) in [5, 5.41) is 0. The molecule has 0 saturated carbocycles. The molecule has 19 heavy (non-hydrogen) atoms. The van der Waals surface area contributed by atoms with Gasteiger partial charge in [-0.25, -0.2) is 5.84 Å². The Morgan fingerprint density at radius 1 is 1.42 bits per heavy atom. The number of carbonyl (C=O) groups is 1. The van der Waals surface area contributed by atoms with E-state index >= 15 is 0 Å². The molecule has 1 amide bonds. The number of aryl methyl sites for hydroxylation is 1. The maximum atomic E-state index is 11.3. The average molecular weight is 341 g/mol. The van der Waals surface area contributed by atoms with E-state index in [1.54, 1.807) is 17.8 Å². The van der Waals surface area contributed by atoms with E-state index in [1.807, 2.05) is 31.2 Å². The van der Waals surface area contributed by atoms with Crippen molar-refractivity contribution < 1.29 is 9.21 Å². The molecule has 2 rings (SSSR count). The molecule has 0 radical (unpaired) electrons. The third kappa shape index (κ3) is 3.62. The van der Waals surface area contributed by atoms with E-state index in [4.69, 9.17) is 10.3 Å². The first-order valence-electron chi connectivity index (χ1n) is 5.59. The van der Waals surface area contributed by atoms with Gasteiger partial charge in [-0.3, -0.25) is 10.2 Å². The summed E-state index contributed by atoms with van der Waals surface area (Å²) in [5.74, 6) is 6.39. The van der Waals surface area contributed by atoms with E-state index in [-0.39, 0.29) is 5.76 Å². The molecule has 3 N–H and O–H groups in total. The highest BCUT2D eigenvalue weighted by molar-refractivity contribution is 9.10. The predicted molar refractivity (Wildman–Crippen MR) is 78.8 cm³/mol. The van der Waals surface area contributed by atoms with Gasteiger partial charge in [0, 0.05) is 20.7 Å². The lowest BCUT2D eigenvalue weighted by molar-refractivity contribution is 0.0924. The number of rotatable bonds is 4. The van der Waals surface area contributed by atoms with E-state index in [9.17, 15) is 4.79 Å². The van der Waals surface area contributed by atoms with Crippen LogP contribution in [0.2, 0.25) is 0 Å². The average Bonchev–Trinajstić information content (AvgIpc) is 2.79. The van der Waals surface area contributed by atoms with Gasteiger partial charge in [-0.1, -0.05) is 15.9 Å². The molecule has 0 fully saturated rings. The van der Waals surface area contributed by atoms with Crippen LogP contribution in [-0.4, -0.2) is 5.91 Å². The second-order valence-corrected chi connectivity index (χ2v) is 5.87. The molecule has 0 aliphatic carbocycles. The molecular formula is C13H13BrN2O2S. The molecule has 0 saturated heterocycles. The van der Waals surface area contributed by atoms with Crippen LogP contribution in [0.15, 0.2) is 44.1 Å². The first-order chi connectivity index (χ1) is 9.10. The molecule has 6 heteroatoms. The van der Waals surface area contributed by atoms with Gasteiger partial charge in [0.25, 0.3) is 0 Å². The van der Waals surface area contributed by atoms with Crippen molar-refractivity contribution in [1.29, 1.82) is 0 Å². The number of nitrogens with one attached hydrogen (secondary N) is 1. The van der Waals surface area contributed by atoms with Crippen molar-refractivity contribution >= 4 is 33.6 Å². The Hall–Kier alpha value is -1.24. The zero-order valence-electron chi connectivity index (χ0n) is 10.3. The van der Waals surface area contributed by atoms with Gasteiger partial charge < -0.3 is 4.42 Å². The largest absolute Gasteiger partial charge is 0.456 e. The molecule has 1 aromatic carbocycles. The standard InChI is InChI=1S/C13H13BrN2O2S/c1-8-9(6-12(18-8)13(17)16-15)7-19-11-4-2-10(14)3-5-11/h2-6H,7,15H2,1H3,(H,16,17). The number of hydrogen-bond donors (Lipinski definition) is 2. The predicted octanol–water partition coefficient (Wildman–Crippen LogP) is 3.25. The minimum absolute atomic E-state index is 0.242. The van der Waals surface area contributed by atoms with Crippen molar-refractivity contribution in [1.82, 2.24) is 5.43 Å². The lowest BCUT2D eigenvalue weighted by atomic mass is 10.3. The number of thioether (sulfide) groups is 1. The van der Waals surface area contributed by atoms with Gasteiger partial charge in [0.15, 0.2) is 5.76 Å². The molecule has 0 spiro atoms. The fraction of sp³-hybridized carbons (Fsp3) is 0.154.